The van der Waals surface area contributed by atoms with Gasteiger partial charge in [-0.05, 0) is 18.1 Å². The largest absolute Gasteiger partial charge is 0.394 e. The zero-order chi connectivity index (χ0) is 12.3. The molecule has 0 aliphatic carbocycles. The molecule has 17 heavy (non-hydrogen) atoms. The Kier molecular flexibility index (Phi) is 3.44. The normalized spacial score (nSPS) is 12.6. The van der Waals surface area contributed by atoms with Gasteiger partial charge in [0.15, 0.2) is 0 Å². The Hall–Kier alpha value is -1.81. The first-order valence-corrected chi connectivity index (χ1v) is 5.63. The highest BCUT2D eigenvalue weighted by molar-refractivity contribution is 5.83. The van der Waals surface area contributed by atoms with Gasteiger partial charge < -0.3 is 15.4 Å². The van der Waals surface area contributed by atoms with Gasteiger partial charge in [-0.2, -0.15) is 0 Å². The molecule has 4 heteroatoms. The number of H-pyrrole nitrogens is 1. The summed E-state index contributed by atoms with van der Waals surface area (Å²) in [6, 6.07) is 7.76. The molecule has 0 spiro atoms. The average Bonchev–Trinajstić information content (AvgIpc) is 2.71. The number of aromatic nitrogens is 1. The van der Waals surface area contributed by atoms with Gasteiger partial charge >= 0.3 is 0 Å². The number of carbonyl (C=O) groups excluding carboxylic acids is 1. The van der Waals surface area contributed by atoms with E-state index in [0.717, 1.165) is 16.5 Å². The van der Waals surface area contributed by atoms with E-state index in [4.69, 9.17) is 0 Å². The highest BCUT2D eigenvalue weighted by Crippen LogP contribution is 2.18. The molecule has 0 fully saturated rings. The van der Waals surface area contributed by atoms with Crippen molar-refractivity contribution in [2.75, 3.05) is 6.61 Å². The highest BCUT2D eigenvalue weighted by atomic mass is 16.3. The predicted octanol–water partition coefficient (Wildman–Crippen LogP) is 1.21. The maximum atomic E-state index is 11.0. The van der Waals surface area contributed by atoms with E-state index in [1.54, 1.807) is 0 Å². The molecular formula is C13H16N2O2. The molecule has 0 aliphatic rings. The van der Waals surface area contributed by atoms with Crippen LogP contribution in [0.25, 0.3) is 10.9 Å². The molecule has 90 valence electrons. The predicted molar refractivity (Wildman–Crippen MR) is 66.7 cm³/mol. The number of hydrogen-bond donors (Lipinski definition) is 3. The van der Waals surface area contributed by atoms with E-state index in [-0.39, 0.29) is 18.6 Å². The molecule has 1 atom stereocenters. The van der Waals surface area contributed by atoms with Crippen LogP contribution in [0.3, 0.4) is 0 Å². The van der Waals surface area contributed by atoms with Crippen LogP contribution in [-0.2, 0) is 11.2 Å². The molecule has 0 unspecified atom stereocenters. The van der Waals surface area contributed by atoms with Crippen LogP contribution >= 0.6 is 0 Å². The van der Waals surface area contributed by atoms with Crippen LogP contribution in [0.2, 0.25) is 0 Å². The standard InChI is InChI=1S/C13H16N2O2/c1-9(17)15-11(8-16)6-10-7-14-13-5-3-2-4-12(10)13/h2-5,7,11,14,16H,6,8H2,1H3,(H,15,17)/t11-/m0/s1. The van der Waals surface area contributed by atoms with Gasteiger partial charge in [-0.15, -0.1) is 0 Å². The lowest BCUT2D eigenvalue weighted by Gasteiger charge is -2.14. The maximum Gasteiger partial charge on any atom is 0.217 e. The summed E-state index contributed by atoms with van der Waals surface area (Å²) in [4.78, 5) is 14.2. The Labute approximate surface area is 99.7 Å². The summed E-state index contributed by atoms with van der Waals surface area (Å²) in [5.41, 5.74) is 2.18. The van der Waals surface area contributed by atoms with Crippen molar-refractivity contribution in [3.8, 4) is 0 Å². The van der Waals surface area contributed by atoms with Crippen molar-refractivity contribution in [1.29, 1.82) is 0 Å². The van der Waals surface area contributed by atoms with Crippen LogP contribution in [0, 0.1) is 0 Å². The number of benzene rings is 1. The average molecular weight is 232 g/mol. The Morgan fingerprint density at radius 2 is 2.24 bits per heavy atom. The number of para-hydroxylation sites is 1. The molecule has 0 radical (unpaired) electrons. The van der Waals surface area contributed by atoms with Crippen LogP contribution in [-0.4, -0.2) is 28.6 Å². The number of rotatable bonds is 4. The van der Waals surface area contributed by atoms with Crippen molar-refractivity contribution in [2.45, 2.75) is 19.4 Å². The number of aliphatic hydroxyl groups excluding tert-OH is 1. The third-order valence-corrected chi connectivity index (χ3v) is 2.77. The molecule has 1 aromatic heterocycles. The molecule has 3 N–H and O–H groups in total. The van der Waals surface area contributed by atoms with Crippen LogP contribution in [0.5, 0.6) is 0 Å². The molecule has 0 saturated carbocycles. The first-order chi connectivity index (χ1) is 8.20. The summed E-state index contributed by atoms with van der Waals surface area (Å²) in [6.07, 6.45) is 2.55. The monoisotopic (exact) mass is 232 g/mol. The number of amides is 1. The number of nitrogens with one attached hydrogen (secondary N) is 2. The second-order valence-electron chi connectivity index (χ2n) is 4.14. The molecule has 2 aromatic rings. The quantitative estimate of drug-likeness (QED) is 0.741. The highest BCUT2D eigenvalue weighted by Gasteiger charge is 2.12. The van der Waals surface area contributed by atoms with Crippen molar-refractivity contribution >= 4 is 16.8 Å². The van der Waals surface area contributed by atoms with E-state index in [0.29, 0.717) is 6.42 Å². The molecule has 1 aromatic carbocycles. The maximum absolute atomic E-state index is 11.0. The zero-order valence-electron chi connectivity index (χ0n) is 9.73. The minimum atomic E-state index is -0.230. The molecule has 0 bridgehead atoms. The van der Waals surface area contributed by atoms with E-state index in [2.05, 4.69) is 10.3 Å². The molecule has 0 saturated heterocycles. The molecule has 1 amide bonds. The van der Waals surface area contributed by atoms with E-state index in [9.17, 15) is 9.90 Å². The van der Waals surface area contributed by atoms with Crippen LogP contribution in [0.15, 0.2) is 30.5 Å². The molecular weight excluding hydrogens is 216 g/mol. The Morgan fingerprint density at radius 3 is 2.94 bits per heavy atom. The van der Waals surface area contributed by atoms with E-state index >= 15 is 0 Å². The minimum absolute atomic E-state index is 0.0565. The lowest BCUT2D eigenvalue weighted by Crippen LogP contribution is -2.37. The number of hydrogen-bond acceptors (Lipinski definition) is 2. The van der Waals surface area contributed by atoms with E-state index in [1.165, 1.54) is 6.92 Å². The van der Waals surface area contributed by atoms with Crippen molar-refractivity contribution in [1.82, 2.24) is 10.3 Å². The third-order valence-electron chi connectivity index (χ3n) is 2.77. The number of aliphatic hydroxyl groups is 1. The van der Waals surface area contributed by atoms with E-state index < -0.39 is 0 Å². The molecule has 0 aliphatic heterocycles. The zero-order valence-corrected chi connectivity index (χ0v) is 9.73. The van der Waals surface area contributed by atoms with Gasteiger partial charge in [0.25, 0.3) is 0 Å². The summed E-state index contributed by atoms with van der Waals surface area (Å²) in [6.45, 7) is 1.40. The topological polar surface area (TPSA) is 65.1 Å². The van der Waals surface area contributed by atoms with Crippen LogP contribution < -0.4 is 5.32 Å². The second kappa shape index (κ2) is 5.01. The molecule has 1 heterocycles. The number of carbonyl (C=O) groups is 1. The number of aromatic amines is 1. The summed E-state index contributed by atoms with van der Waals surface area (Å²) in [7, 11) is 0. The smallest absolute Gasteiger partial charge is 0.217 e. The van der Waals surface area contributed by atoms with Gasteiger partial charge in [0, 0.05) is 24.0 Å². The minimum Gasteiger partial charge on any atom is -0.394 e. The molecule has 4 nitrogen and oxygen atoms in total. The van der Waals surface area contributed by atoms with Crippen LogP contribution in [0.1, 0.15) is 12.5 Å². The van der Waals surface area contributed by atoms with Gasteiger partial charge in [0.1, 0.15) is 0 Å². The first-order valence-electron chi connectivity index (χ1n) is 5.63. The number of fused-ring (bicyclic) bond motifs is 1. The van der Waals surface area contributed by atoms with Gasteiger partial charge in [-0.25, -0.2) is 0 Å². The summed E-state index contributed by atoms with van der Waals surface area (Å²) < 4.78 is 0. The van der Waals surface area contributed by atoms with Crippen molar-refractivity contribution < 1.29 is 9.90 Å². The van der Waals surface area contributed by atoms with Crippen LogP contribution in [0.4, 0.5) is 0 Å². The summed E-state index contributed by atoms with van der Waals surface area (Å²) >= 11 is 0. The fourth-order valence-electron chi connectivity index (χ4n) is 2.01. The van der Waals surface area contributed by atoms with Crippen molar-refractivity contribution in [3.05, 3.63) is 36.0 Å². The fourth-order valence-corrected chi connectivity index (χ4v) is 2.01. The van der Waals surface area contributed by atoms with Gasteiger partial charge in [0.05, 0.1) is 12.6 Å². The van der Waals surface area contributed by atoms with E-state index in [1.807, 2.05) is 30.5 Å². The van der Waals surface area contributed by atoms with Gasteiger partial charge in [-0.3, -0.25) is 4.79 Å². The summed E-state index contributed by atoms with van der Waals surface area (Å²) in [5.74, 6) is -0.121. The Bertz CT molecular complexity index is 519. The van der Waals surface area contributed by atoms with Crippen molar-refractivity contribution in [3.63, 3.8) is 0 Å². The first kappa shape index (κ1) is 11.7. The lowest BCUT2D eigenvalue weighted by molar-refractivity contribution is -0.119. The Morgan fingerprint density at radius 1 is 1.47 bits per heavy atom. The third kappa shape index (κ3) is 2.65. The summed E-state index contributed by atoms with van der Waals surface area (Å²) in [5, 5.41) is 13.1. The SMILES string of the molecule is CC(=O)N[C@H](CO)Cc1c[nH]c2ccccc12. The lowest BCUT2D eigenvalue weighted by atomic mass is 10.1. The molecule has 2 rings (SSSR count). The fraction of sp³-hybridized carbons (Fsp3) is 0.308. The second-order valence-corrected chi connectivity index (χ2v) is 4.14. The Balaban J connectivity index is 2.19. The van der Waals surface area contributed by atoms with Crippen molar-refractivity contribution in [2.24, 2.45) is 0 Å². The van der Waals surface area contributed by atoms with Gasteiger partial charge in [-0.1, -0.05) is 18.2 Å². The van der Waals surface area contributed by atoms with Gasteiger partial charge in [0.2, 0.25) is 5.91 Å².